The second-order valence-electron chi connectivity index (χ2n) is 3.84. The lowest BCUT2D eigenvalue weighted by atomic mass is 10.2. The molecule has 13 heavy (non-hydrogen) atoms. The van der Waals surface area contributed by atoms with E-state index in [0.29, 0.717) is 12.1 Å². The fourth-order valence-electron chi connectivity index (χ4n) is 0.994. The second kappa shape index (κ2) is 6.35. The highest BCUT2D eigenvalue weighted by atomic mass is 15.7. The van der Waals surface area contributed by atoms with E-state index < -0.39 is 0 Å². The highest BCUT2D eigenvalue weighted by molar-refractivity contribution is 4.59. The first-order valence-corrected chi connectivity index (χ1v) is 5.24. The summed E-state index contributed by atoms with van der Waals surface area (Å²) in [5.41, 5.74) is 3.35. The quantitative estimate of drug-likeness (QED) is 0.640. The lowest BCUT2D eigenvalue weighted by Crippen LogP contribution is -2.52. The van der Waals surface area contributed by atoms with Gasteiger partial charge in [-0.3, -0.25) is 0 Å². The van der Waals surface area contributed by atoms with Crippen molar-refractivity contribution in [2.45, 2.75) is 52.6 Å². The molecule has 0 fully saturated rings. The van der Waals surface area contributed by atoms with Gasteiger partial charge < -0.3 is 0 Å². The standard InChI is InChI=1S/C10H25N3/c1-7-9(3)12(5)11-13(6)10(4)8-2/h9-11H,7-8H2,1-6H3. The number of nitrogens with zero attached hydrogens (tertiary/aromatic N) is 2. The first-order valence-electron chi connectivity index (χ1n) is 5.24. The van der Waals surface area contributed by atoms with Crippen LogP contribution in [-0.2, 0) is 0 Å². The van der Waals surface area contributed by atoms with Crippen molar-refractivity contribution >= 4 is 0 Å². The molecule has 3 heteroatoms. The van der Waals surface area contributed by atoms with E-state index >= 15 is 0 Å². The van der Waals surface area contributed by atoms with Crippen molar-refractivity contribution in [3.8, 4) is 0 Å². The van der Waals surface area contributed by atoms with Gasteiger partial charge in [-0.05, 0) is 26.7 Å². The van der Waals surface area contributed by atoms with Gasteiger partial charge in [0.1, 0.15) is 0 Å². The summed E-state index contributed by atoms with van der Waals surface area (Å²) in [5.74, 6) is 0. The van der Waals surface area contributed by atoms with E-state index in [-0.39, 0.29) is 0 Å². The molecule has 80 valence electrons. The Morgan fingerprint density at radius 2 is 1.23 bits per heavy atom. The Bertz CT molecular complexity index is 113. The molecule has 0 bridgehead atoms. The summed E-state index contributed by atoms with van der Waals surface area (Å²) < 4.78 is 0. The molecule has 3 nitrogen and oxygen atoms in total. The average Bonchev–Trinajstić information content (AvgIpc) is 2.14. The van der Waals surface area contributed by atoms with Crippen molar-refractivity contribution in [3.05, 3.63) is 0 Å². The van der Waals surface area contributed by atoms with Gasteiger partial charge in [-0.15, -0.1) is 0 Å². The molecule has 0 spiro atoms. The molecular weight excluding hydrogens is 162 g/mol. The van der Waals surface area contributed by atoms with Gasteiger partial charge in [0.2, 0.25) is 0 Å². The maximum Gasteiger partial charge on any atom is 0.0222 e. The molecule has 0 amide bonds. The lowest BCUT2D eigenvalue weighted by Gasteiger charge is -2.33. The van der Waals surface area contributed by atoms with Crippen LogP contribution < -0.4 is 5.53 Å². The van der Waals surface area contributed by atoms with E-state index in [0.717, 1.165) is 12.8 Å². The molecule has 0 aliphatic rings. The molecule has 2 atom stereocenters. The third-order valence-corrected chi connectivity index (χ3v) is 2.82. The van der Waals surface area contributed by atoms with E-state index in [1.807, 2.05) is 0 Å². The fourth-order valence-corrected chi connectivity index (χ4v) is 0.994. The molecule has 0 heterocycles. The number of nitrogens with one attached hydrogen (secondary N) is 1. The lowest BCUT2D eigenvalue weighted by molar-refractivity contribution is 0.00955. The Balaban J connectivity index is 3.83. The largest absolute Gasteiger partial charge is 0.231 e. The van der Waals surface area contributed by atoms with Crippen LogP contribution in [-0.4, -0.2) is 36.2 Å². The maximum atomic E-state index is 3.35. The Kier molecular flexibility index (Phi) is 6.29. The predicted octanol–water partition coefficient (Wildman–Crippen LogP) is 1.87. The van der Waals surface area contributed by atoms with E-state index in [1.165, 1.54) is 0 Å². The van der Waals surface area contributed by atoms with Gasteiger partial charge in [-0.2, -0.15) is 5.53 Å². The minimum Gasteiger partial charge on any atom is -0.231 e. The van der Waals surface area contributed by atoms with Gasteiger partial charge in [0, 0.05) is 26.2 Å². The minimum absolute atomic E-state index is 0.575. The van der Waals surface area contributed by atoms with Crippen LogP contribution in [0.3, 0.4) is 0 Å². The summed E-state index contributed by atoms with van der Waals surface area (Å²) in [4.78, 5) is 0. The van der Waals surface area contributed by atoms with Crippen molar-refractivity contribution in [1.29, 1.82) is 0 Å². The monoisotopic (exact) mass is 187 g/mol. The first-order chi connectivity index (χ1) is 6.02. The summed E-state index contributed by atoms with van der Waals surface area (Å²) in [7, 11) is 4.18. The summed E-state index contributed by atoms with van der Waals surface area (Å²) >= 11 is 0. The van der Waals surface area contributed by atoms with Crippen LogP contribution in [0.25, 0.3) is 0 Å². The number of hydrogen-bond acceptors (Lipinski definition) is 3. The third-order valence-electron chi connectivity index (χ3n) is 2.82. The SMILES string of the molecule is CCC(C)N(C)NN(C)C(C)CC. The number of rotatable bonds is 6. The van der Waals surface area contributed by atoms with Crippen LogP contribution in [0.5, 0.6) is 0 Å². The van der Waals surface area contributed by atoms with Gasteiger partial charge in [0.15, 0.2) is 0 Å². The Labute approximate surface area is 83.0 Å². The van der Waals surface area contributed by atoms with E-state index in [4.69, 9.17) is 0 Å². The van der Waals surface area contributed by atoms with Crippen LogP contribution in [0.15, 0.2) is 0 Å². The van der Waals surface area contributed by atoms with Gasteiger partial charge >= 0.3 is 0 Å². The van der Waals surface area contributed by atoms with Crippen LogP contribution in [0.1, 0.15) is 40.5 Å². The molecule has 0 saturated heterocycles. The molecule has 0 rings (SSSR count). The van der Waals surface area contributed by atoms with E-state index in [1.54, 1.807) is 0 Å². The third kappa shape index (κ3) is 4.60. The minimum atomic E-state index is 0.575. The van der Waals surface area contributed by atoms with Gasteiger partial charge in [-0.1, -0.05) is 13.8 Å². The highest BCUT2D eigenvalue weighted by Gasteiger charge is 2.11. The predicted molar refractivity (Wildman–Crippen MR) is 58.2 cm³/mol. The molecule has 0 aromatic rings. The van der Waals surface area contributed by atoms with Crippen molar-refractivity contribution in [2.75, 3.05) is 14.1 Å². The fraction of sp³-hybridized carbons (Fsp3) is 1.00. The molecule has 0 aromatic carbocycles. The highest BCUT2D eigenvalue weighted by Crippen LogP contribution is 2.00. The molecular formula is C10H25N3. The zero-order valence-electron chi connectivity index (χ0n) is 9.96. The smallest absolute Gasteiger partial charge is 0.0222 e. The summed E-state index contributed by atoms with van der Waals surface area (Å²) in [6.07, 6.45) is 2.33. The van der Waals surface area contributed by atoms with Crippen molar-refractivity contribution in [2.24, 2.45) is 0 Å². The van der Waals surface area contributed by atoms with Crippen LogP contribution in [0.2, 0.25) is 0 Å². The summed E-state index contributed by atoms with van der Waals surface area (Å²) in [5, 5.41) is 4.32. The van der Waals surface area contributed by atoms with Crippen molar-refractivity contribution in [1.82, 2.24) is 15.6 Å². The van der Waals surface area contributed by atoms with Gasteiger partial charge in [-0.25, -0.2) is 10.0 Å². The second-order valence-corrected chi connectivity index (χ2v) is 3.84. The zero-order chi connectivity index (χ0) is 10.4. The Hall–Kier alpha value is -0.120. The van der Waals surface area contributed by atoms with Gasteiger partial charge in [0.25, 0.3) is 0 Å². The molecule has 0 saturated carbocycles. The van der Waals surface area contributed by atoms with Crippen LogP contribution in [0, 0.1) is 0 Å². The Morgan fingerprint density at radius 1 is 0.923 bits per heavy atom. The van der Waals surface area contributed by atoms with E-state index in [9.17, 15) is 0 Å². The summed E-state index contributed by atoms with van der Waals surface area (Å²) in [6.45, 7) is 8.84. The average molecular weight is 187 g/mol. The number of hydrogen-bond donors (Lipinski definition) is 1. The molecule has 0 radical (unpaired) electrons. The molecule has 0 aromatic heterocycles. The topological polar surface area (TPSA) is 18.5 Å². The first kappa shape index (κ1) is 12.9. The van der Waals surface area contributed by atoms with Crippen molar-refractivity contribution in [3.63, 3.8) is 0 Å². The summed E-state index contributed by atoms with van der Waals surface area (Å²) in [6, 6.07) is 1.15. The molecule has 0 aliphatic carbocycles. The molecule has 1 N–H and O–H groups in total. The van der Waals surface area contributed by atoms with E-state index in [2.05, 4.69) is 57.3 Å². The van der Waals surface area contributed by atoms with Crippen molar-refractivity contribution < 1.29 is 0 Å². The van der Waals surface area contributed by atoms with Crippen LogP contribution in [0.4, 0.5) is 0 Å². The molecule has 0 aliphatic heterocycles. The molecule has 2 unspecified atom stereocenters. The maximum absolute atomic E-state index is 3.35. The zero-order valence-corrected chi connectivity index (χ0v) is 9.96. The normalized spacial score (nSPS) is 16.6. The van der Waals surface area contributed by atoms with Crippen LogP contribution >= 0.6 is 0 Å². The number of hydrazine groups is 2. The Morgan fingerprint density at radius 3 is 1.46 bits per heavy atom. The van der Waals surface area contributed by atoms with Gasteiger partial charge in [0.05, 0.1) is 0 Å².